The van der Waals surface area contributed by atoms with Crippen LogP contribution in [-0.4, -0.2) is 49.2 Å². The van der Waals surface area contributed by atoms with Gasteiger partial charge >= 0.3 is 0 Å². The molecule has 0 aliphatic carbocycles. The van der Waals surface area contributed by atoms with E-state index in [1.165, 1.54) is 11.3 Å². The molecule has 0 atom stereocenters. The zero-order chi connectivity index (χ0) is 19.4. The molecule has 1 aromatic heterocycles. The van der Waals surface area contributed by atoms with Crippen molar-refractivity contribution in [3.63, 3.8) is 0 Å². The van der Waals surface area contributed by atoms with E-state index in [0.29, 0.717) is 22.8 Å². The van der Waals surface area contributed by atoms with E-state index in [1.807, 2.05) is 43.5 Å². The van der Waals surface area contributed by atoms with E-state index >= 15 is 0 Å². The molecule has 5 nitrogen and oxygen atoms in total. The number of hydrogen-bond acceptors (Lipinski definition) is 6. The molecule has 0 radical (unpaired) electrons. The molecule has 0 spiro atoms. The molecule has 28 heavy (non-hydrogen) atoms. The highest BCUT2D eigenvalue weighted by Crippen LogP contribution is 2.34. The van der Waals surface area contributed by atoms with Crippen LogP contribution in [-0.2, 0) is 0 Å². The fraction of sp³-hybridized carbons (Fsp3) is 0.250. The lowest BCUT2D eigenvalue weighted by molar-refractivity contribution is 0.0985. The molecule has 0 aliphatic heterocycles. The first kappa shape index (κ1) is 22.2. The van der Waals surface area contributed by atoms with Gasteiger partial charge in [0.2, 0.25) is 0 Å². The topological polar surface area (TPSA) is 60.2 Å². The van der Waals surface area contributed by atoms with Crippen LogP contribution in [0.3, 0.4) is 0 Å². The monoisotopic (exact) mass is 432 g/mol. The fourth-order valence-corrected chi connectivity index (χ4v) is 4.26. The highest BCUT2D eigenvalue weighted by Gasteiger charge is 2.22. The number of para-hydroxylation sites is 1. The molecule has 0 fully saturated rings. The third-order valence-corrected chi connectivity index (χ3v) is 5.91. The number of thiazole rings is 1. The molecule has 2 aromatic carbocycles. The minimum absolute atomic E-state index is 0. The zero-order valence-corrected chi connectivity index (χ0v) is 18.3. The molecule has 0 N–H and O–H groups in total. The Morgan fingerprint density at radius 1 is 1.18 bits per heavy atom. The van der Waals surface area contributed by atoms with Crippen LogP contribution in [0.15, 0.2) is 47.4 Å². The van der Waals surface area contributed by atoms with Crippen molar-refractivity contribution in [2.45, 2.75) is 4.90 Å². The maximum atomic E-state index is 13.2. The van der Waals surface area contributed by atoms with Crippen LogP contribution in [0, 0.1) is 11.3 Å². The van der Waals surface area contributed by atoms with Gasteiger partial charge in [-0.15, -0.1) is 24.2 Å². The van der Waals surface area contributed by atoms with Crippen LogP contribution in [0.2, 0.25) is 0 Å². The van der Waals surface area contributed by atoms with E-state index in [9.17, 15) is 4.79 Å². The Morgan fingerprint density at radius 3 is 2.50 bits per heavy atom. The molecule has 3 aromatic rings. The predicted octanol–water partition coefficient (Wildman–Crippen LogP) is 4.52. The van der Waals surface area contributed by atoms with Crippen molar-refractivity contribution in [1.82, 2.24) is 9.88 Å². The van der Waals surface area contributed by atoms with Gasteiger partial charge in [0, 0.05) is 23.5 Å². The van der Waals surface area contributed by atoms with Crippen molar-refractivity contribution in [3.05, 3.63) is 53.6 Å². The molecular formula is C20H21ClN4OS2. The summed E-state index contributed by atoms with van der Waals surface area (Å²) in [5.41, 5.74) is 2.03. The van der Waals surface area contributed by atoms with Crippen LogP contribution in [0.1, 0.15) is 15.9 Å². The summed E-state index contributed by atoms with van der Waals surface area (Å²) in [4.78, 5) is 22.8. The summed E-state index contributed by atoms with van der Waals surface area (Å²) >= 11 is 3.18. The Kier molecular flexibility index (Phi) is 7.84. The predicted molar refractivity (Wildman–Crippen MR) is 120 cm³/mol. The maximum Gasteiger partial charge on any atom is 0.260 e. The largest absolute Gasteiger partial charge is 0.308 e. The van der Waals surface area contributed by atoms with Gasteiger partial charge in [-0.1, -0.05) is 17.4 Å². The van der Waals surface area contributed by atoms with Crippen molar-refractivity contribution in [2.24, 2.45) is 0 Å². The van der Waals surface area contributed by atoms with Crippen molar-refractivity contribution >= 4 is 56.8 Å². The second-order valence-electron chi connectivity index (χ2n) is 6.25. The van der Waals surface area contributed by atoms with Crippen LogP contribution in [0.5, 0.6) is 0 Å². The Labute approximate surface area is 179 Å². The number of fused-ring (bicyclic) bond motifs is 1. The third-order valence-electron chi connectivity index (χ3n) is 4.10. The van der Waals surface area contributed by atoms with Gasteiger partial charge in [-0.2, -0.15) is 5.26 Å². The standard InChI is InChI=1S/C20H20N4OS2.ClH/c1-23(2)11-12-24(19(25)15-9-7-14(13-21)8-10-15)20-22-18-16(26-3)5-4-6-17(18)27-20;/h4-10H,11-12H2,1-3H3;1H. The van der Waals surface area contributed by atoms with E-state index in [0.717, 1.165) is 21.7 Å². The van der Waals surface area contributed by atoms with Gasteiger partial charge in [0.1, 0.15) is 0 Å². The number of hydrogen-bond donors (Lipinski definition) is 0. The molecule has 0 unspecified atom stereocenters. The number of carbonyl (C=O) groups excluding carboxylic acids is 1. The second-order valence-corrected chi connectivity index (χ2v) is 8.11. The fourth-order valence-electron chi connectivity index (χ4n) is 2.62. The van der Waals surface area contributed by atoms with E-state index in [4.69, 9.17) is 10.2 Å². The first-order chi connectivity index (χ1) is 13.0. The van der Waals surface area contributed by atoms with Gasteiger partial charge < -0.3 is 4.90 Å². The first-order valence-corrected chi connectivity index (χ1v) is 10.5. The normalized spacial score (nSPS) is 10.5. The highest BCUT2D eigenvalue weighted by molar-refractivity contribution is 7.98. The summed E-state index contributed by atoms with van der Waals surface area (Å²) in [5.74, 6) is -0.105. The average Bonchev–Trinajstić information content (AvgIpc) is 3.11. The van der Waals surface area contributed by atoms with Crippen molar-refractivity contribution < 1.29 is 4.79 Å². The van der Waals surface area contributed by atoms with Crippen LogP contribution in [0.4, 0.5) is 5.13 Å². The summed E-state index contributed by atoms with van der Waals surface area (Å²) in [6, 6.07) is 14.9. The quantitative estimate of drug-likeness (QED) is 0.536. The number of nitriles is 1. The zero-order valence-electron chi connectivity index (χ0n) is 15.9. The van der Waals surface area contributed by atoms with E-state index in [-0.39, 0.29) is 18.3 Å². The molecule has 1 heterocycles. The Hall–Kier alpha value is -2.11. The van der Waals surface area contributed by atoms with Gasteiger partial charge in [-0.3, -0.25) is 9.69 Å². The number of halogens is 1. The lowest BCUT2D eigenvalue weighted by Crippen LogP contribution is -2.36. The van der Waals surface area contributed by atoms with Crippen molar-refractivity contribution in [3.8, 4) is 6.07 Å². The molecular weight excluding hydrogens is 412 g/mol. The molecule has 8 heteroatoms. The molecule has 0 bridgehead atoms. The van der Waals surface area contributed by atoms with Crippen molar-refractivity contribution in [1.29, 1.82) is 5.26 Å². The summed E-state index contributed by atoms with van der Waals surface area (Å²) < 4.78 is 1.07. The number of carbonyl (C=O) groups is 1. The molecule has 146 valence electrons. The van der Waals surface area contributed by atoms with E-state index < -0.39 is 0 Å². The first-order valence-electron chi connectivity index (χ1n) is 8.44. The summed E-state index contributed by atoms with van der Waals surface area (Å²) in [5, 5.41) is 9.67. The van der Waals surface area contributed by atoms with E-state index in [1.54, 1.807) is 40.9 Å². The van der Waals surface area contributed by atoms with Gasteiger partial charge in [-0.05, 0) is 56.7 Å². The molecule has 1 amide bonds. The summed E-state index contributed by atoms with van der Waals surface area (Å²) in [6.45, 7) is 1.27. The minimum atomic E-state index is -0.105. The summed E-state index contributed by atoms with van der Waals surface area (Å²) in [6.07, 6.45) is 2.03. The number of nitrogens with zero attached hydrogens (tertiary/aromatic N) is 4. The van der Waals surface area contributed by atoms with Crippen LogP contribution >= 0.6 is 35.5 Å². The summed E-state index contributed by atoms with van der Waals surface area (Å²) in [7, 11) is 3.96. The van der Waals surface area contributed by atoms with Gasteiger partial charge in [0.05, 0.1) is 21.8 Å². The van der Waals surface area contributed by atoms with Gasteiger partial charge in [-0.25, -0.2) is 4.98 Å². The Bertz CT molecular complexity index is 996. The van der Waals surface area contributed by atoms with Gasteiger partial charge in [0.15, 0.2) is 5.13 Å². The minimum Gasteiger partial charge on any atom is -0.308 e. The lowest BCUT2D eigenvalue weighted by atomic mass is 10.1. The smallest absolute Gasteiger partial charge is 0.260 e. The average molecular weight is 433 g/mol. The van der Waals surface area contributed by atoms with Crippen LogP contribution in [0.25, 0.3) is 10.2 Å². The number of aromatic nitrogens is 1. The third kappa shape index (κ3) is 4.83. The SMILES string of the molecule is CSc1cccc2sc(N(CCN(C)C)C(=O)c3ccc(C#N)cc3)nc12.Cl. The Morgan fingerprint density at radius 2 is 1.89 bits per heavy atom. The Balaban J connectivity index is 0.00000280. The number of anilines is 1. The number of amides is 1. The van der Waals surface area contributed by atoms with Gasteiger partial charge in [0.25, 0.3) is 5.91 Å². The maximum absolute atomic E-state index is 13.2. The lowest BCUT2D eigenvalue weighted by Gasteiger charge is -2.22. The van der Waals surface area contributed by atoms with Crippen LogP contribution < -0.4 is 4.90 Å². The highest BCUT2D eigenvalue weighted by atomic mass is 35.5. The van der Waals surface area contributed by atoms with Crippen molar-refractivity contribution in [2.75, 3.05) is 38.3 Å². The molecule has 0 saturated carbocycles. The number of rotatable bonds is 6. The number of benzene rings is 2. The molecule has 3 rings (SSSR count). The second kappa shape index (κ2) is 9.89. The van der Waals surface area contributed by atoms with E-state index in [2.05, 4.69) is 6.07 Å². The number of likely N-dealkylation sites (N-methyl/N-ethyl adjacent to an activating group) is 1. The number of thioether (sulfide) groups is 1. The molecule has 0 aliphatic rings. The molecule has 0 saturated heterocycles.